The van der Waals surface area contributed by atoms with E-state index in [0.29, 0.717) is 23.9 Å². The molecule has 90 valence electrons. The number of carbonyl (C=O) groups excluding carboxylic acids is 1. The summed E-state index contributed by atoms with van der Waals surface area (Å²) in [5.41, 5.74) is 0.817. The van der Waals surface area contributed by atoms with Crippen LogP contribution in [0.25, 0.3) is 0 Å². The van der Waals surface area contributed by atoms with Gasteiger partial charge in [0.2, 0.25) is 0 Å². The summed E-state index contributed by atoms with van der Waals surface area (Å²) in [6.45, 7) is 2.84. The number of hydrogen-bond acceptors (Lipinski definition) is 2. The molecule has 0 unspecified atom stereocenters. The Morgan fingerprint density at radius 3 is 2.82 bits per heavy atom. The van der Waals surface area contributed by atoms with Crippen LogP contribution in [0.4, 0.5) is 10.5 Å². The van der Waals surface area contributed by atoms with Crippen LogP contribution in [0, 0.1) is 0 Å². The molecule has 2 aliphatic heterocycles. The highest BCUT2D eigenvalue weighted by atomic mass is 35.5. The van der Waals surface area contributed by atoms with Gasteiger partial charge in [-0.1, -0.05) is 11.6 Å². The van der Waals surface area contributed by atoms with Gasteiger partial charge in [0.05, 0.1) is 12.2 Å². The fourth-order valence-corrected chi connectivity index (χ4v) is 2.23. The number of hydrogen-bond donors (Lipinski definition) is 0. The molecule has 0 spiro atoms. The van der Waals surface area contributed by atoms with E-state index in [1.807, 2.05) is 11.0 Å². The number of anilines is 1. The molecule has 2 aliphatic rings. The summed E-state index contributed by atoms with van der Waals surface area (Å²) in [4.78, 5) is 15.8. The molecule has 1 aromatic carbocycles. The molecular weight excluding hydrogens is 240 g/mol. The average Bonchev–Trinajstić information content (AvgIpc) is 2.25. The zero-order valence-corrected chi connectivity index (χ0v) is 10.1. The first kappa shape index (κ1) is 10.7. The molecule has 0 saturated carbocycles. The number of carbonyl (C=O) groups is 1. The van der Waals surface area contributed by atoms with Crippen molar-refractivity contribution in [3.8, 4) is 5.75 Å². The van der Waals surface area contributed by atoms with Crippen LogP contribution in [-0.4, -0.2) is 37.2 Å². The minimum atomic E-state index is 0.0723. The highest BCUT2D eigenvalue weighted by Crippen LogP contribution is 2.34. The summed E-state index contributed by atoms with van der Waals surface area (Å²) in [6, 6.07) is 5.45. The number of benzene rings is 1. The van der Waals surface area contributed by atoms with Crippen molar-refractivity contribution in [1.29, 1.82) is 0 Å². The number of fused-ring (bicyclic) bond motifs is 1. The summed E-state index contributed by atoms with van der Waals surface area (Å²) in [5, 5.41) is 0.627. The van der Waals surface area contributed by atoms with Gasteiger partial charge in [0.25, 0.3) is 0 Å². The SMILES string of the molecule is O=C(N1CCC1)N1CCOc2cc(Cl)ccc21. The largest absolute Gasteiger partial charge is 0.489 e. The predicted molar refractivity (Wildman–Crippen MR) is 65.9 cm³/mol. The molecule has 0 aromatic heterocycles. The summed E-state index contributed by atoms with van der Waals surface area (Å²) < 4.78 is 5.52. The second-order valence-corrected chi connectivity index (χ2v) is 4.67. The van der Waals surface area contributed by atoms with Gasteiger partial charge in [0.15, 0.2) is 0 Å². The number of urea groups is 1. The van der Waals surface area contributed by atoms with Crippen molar-refractivity contribution in [3.63, 3.8) is 0 Å². The molecule has 0 N–H and O–H groups in total. The first-order chi connectivity index (χ1) is 8.25. The topological polar surface area (TPSA) is 32.8 Å². The predicted octanol–water partition coefficient (Wildman–Crippen LogP) is 2.36. The van der Waals surface area contributed by atoms with E-state index in [9.17, 15) is 4.79 Å². The molecule has 0 bridgehead atoms. The van der Waals surface area contributed by atoms with Gasteiger partial charge in [-0.15, -0.1) is 0 Å². The van der Waals surface area contributed by atoms with Crippen LogP contribution < -0.4 is 9.64 Å². The zero-order chi connectivity index (χ0) is 11.8. The van der Waals surface area contributed by atoms with Gasteiger partial charge in [-0.2, -0.15) is 0 Å². The summed E-state index contributed by atoms with van der Waals surface area (Å²) in [5.74, 6) is 0.692. The lowest BCUT2D eigenvalue weighted by molar-refractivity contribution is 0.170. The molecule has 1 saturated heterocycles. The fourth-order valence-electron chi connectivity index (χ4n) is 2.07. The number of ether oxygens (including phenoxy) is 1. The van der Waals surface area contributed by atoms with Crippen LogP contribution in [0.3, 0.4) is 0 Å². The number of likely N-dealkylation sites (tertiary alicyclic amines) is 1. The van der Waals surface area contributed by atoms with Crippen molar-refractivity contribution in [2.24, 2.45) is 0 Å². The third kappa shape index (κ3) is 1.82. The molecule has 5 heteroatoms. The summed E-state index contributed by atoms with van der Waals surface area (Å²) >= 11 is 5.91. The average molecular weight is 253 g/mol. The van der Waals surface area contributed by atoms with E-state index in [2.05, 4.69) is 0 Å². The van der Waals surface area contributed by atoms with E-state index in [0.717, 1.165) is 25.2 Å². The van der Waals surface area contributed by atoms with Gasteiger partial charge in [0.1, 0.15) is 12.4 Å². The Labute approximate surface area is 105 Å². The van der Waals surface area contributed by atoms with E-state index >= 15 is 0 Å². The Morgan fingerprint density at radius 2 is 2.12 bits per heavy atom. The minimum absolute atomic E-state index is 0.0723. The van der Waals surface area contributed by atoms with Gasteiger partial charge >= 0.3 is 6.03 Å². The van der Waals surface area contributed by atoms with Gasteiger partial charge in [-0.25, -0.2) is 4.79 Å². The smallest absolute Gasteiger partial charge is 0.324 e. The van der Waals surface area contributed by atoms with Crippen molar-refractivity contribution >= 4 is 23.3 Å². The number of amides is 2. The van der Waals surface area contributed by atoms with Crippen LogP contribution in [0.2, 0.25) is 5.02 Å². The number of nitrogens with zero attached hydrogens (tertiary/aromatic N) is 2. The molecule has 0 atom stereocenters. The molecule has 1 fully saturated rings. The van der Waals surface area contributed by atoms with E-state index in [1.54, 1.807) is 17.0 Å². The lowest BCUT2D eigenvalue weighted by Crippen LogP contribution is -2.51. The van der Waals surface area contributed by atoms with Crippen LogP contribution >= 0.6 is 11.6 Å². The van der Waals surface area contributed by atoms with Crippen molar-refractivity contribution in [2.75, 3.05) is 31.1 Å². The minimum Gasteiger partial charge on any atom is -0.489 e. The third-order valence-corrected chi connectivity index (χ3v) is 3.38. The van der Waals surface area contributed by atoms with Crippen molar-refractivity contribution in [1.82, 2.24) is 4.90 Å². The monoisotopic (exact) mass is 252 g/mol. The maximum atomic E-state index is 12.2. The van der Waals surface area contributed by atoms with E-state index in [-0.39, 0.29) is 6.03 Å². The molecule has 3 rings (SSSR count). The van der Waals surface area contributed by atoms with Crippen molar-refractivity contribution in [2.45, 2.75) is 6.42 Å². The van der Waals surface area contributed by atoms with Crippen molar-refractivity contribution in [3.05, 3.63) is 23.2 Å². The van der Waals surface area contributed by atoms with Crippen molar-refractivity contribution < 1.29 is 9.53 Å². The second kappa shape index (κ2) is 4.11. The summed E-state index contributed by atoms with van der Waals surface area (Å²) in [6.07, 6.45) is 1.10. The maximum Gasteiger partial charge on any atom is 0.324 e. The Bertz CT molecular complexity index is 460. The Morgan fingerprint density at radius 1 is 1.29 bits per heavy atom. The zero-order valence-electron chi connectivity index (χ0n) is 9.36. The first-order valence-corrected chi connectivity index (χ1v) is 6.12. The van der Waals surface area contributed by atoms with Crippen LogP contribution in [0.15, 0.2) is 18.2 Å². The molecule has 2 amide bonds. The normalized spacial score (nSPS) is 18.2. The molecular formula is C12H13ClN2O2. The standard InChI is InChI=1S/C12H13ClN2O2/c13-9-2-3-10-11(8-9)17-7-6-15(10)12(16)14-4-1-5-14/h2-3,8H,1,4-7H2. The summed E-state index contributed by atoms with van der Waals surface area (Å²) in [7, 11) is 0. The fraction of sp³-hybridized carbons (Fsp3) is 0.417. The van der Waals surface area contributed by atoms with Gasteiger partial charge in [-0.3, -0.25) is 4.90 Å². The Balaban J connectivity index is 1.90. The lowest BCUT2D eigenvalue weighted by Gasteiger charge is -2.38. The highest BCUT2D eigenvalue weighted by Gasteiger charge is 2.30. The first-order valence-electron chi connectivity index (χ1n) is 5.74. The molecule has 0 radical (unpaired) electrons. The van der Waals surface area contributed by atoms with Crippen LogP contribution in [-0.2, 0) is 0 Å². The van der Waals surface area contributed by atoms with E-state index < -0.39 is 0 Å². The van der Waals surface area contributed by atoms with Gasteiger partial charge in [0, 0.05) is 24.2 Å². The third-order valence-electron chi connectivity index (χ3n) is 3.14. The second-order valence-electron chi connectivity index (χ2n) is 4.24. The van der Waals surface area contributed by atoms with E-state index in [1.165, 1.54) is 0 Å². The Hall–Kier alpha value is -1.42. The molecule has 4 nitrogen and oxygen atoms in total. The number of rotatable bonds is 0. The quantitative estimate of drug-likeness (QED) is 0.710. The van der Waals surface area contributed by atoms with Crippen LogP contribution in [0.1, 0.15) is 6.42 Å². The van der Waals surface area contributed by atoms with Gasteiger partial charge < -0.3 is 9.64 Å². The molecule has 1 aromatic rings. The Kier molecular flexibility index (Phi) is 2.59. The molecule has 0 aliphatic carbocycles. The van der Waals surface area contributed by atoms with E-state index in [4.69, 9.17) is 16.3 Å². The lowest BCUT2D eigenvalue weighted by atomic mass is 10.2. The highest BCUT2D eigenvalue weighted by molar-refractivity contribution is 6.30. The molecule has 2 heterocycles. The molecule has 17 heavy (non-hydrogen) atoms. The maximum absolute atomic E-state index is 12.2. The number of halogens is 1. The van der Waals surface area contributed by atoms with Crippen LogP contribution in [0.5, 0.6) is 5.75 Å². The van der Waals surface area contributed by atoms with Gasteiger partial charge in [-0.05, 0) is 18.6 Å².